The molecule has 0 aromatic carbocycles. The van der Waals surface area contributed by atoms with Gasteiger partial charge in [0.15, 0.2) is 6.10 Å². The molecular formula is C18H25BrN2O3. The van der Waals surface area contributed by atoms with Crippen molar-refractivity contribution >= 4 is 27.6 Å². The van der Waals surface area contributed by atoms with Gasteiger partial charge in [0, 0.05) is 24.3 Å². The van der Waals surface area contributed by atoms with Gasteiger partial charge in [0.2, 0.25) is 0 Å². The Morgan fingerprint density at radius 3 is 2.50 bits per heavy atom. The quantitative estimate of drug-likeness (QED) is 0.813. The smallest absolute Gasteiger partial charge is 0.337 e. The largest absolute Gasteiger partial charge is 0.479 e. The Balaban J connectivity index is 2.02. The zero-order chi connectivity index (χ0) is 17.5. The van der Waals surface area contributed by atoms with E-state index in [0.717, 1.165) is 35.4 Å². The normalized spacial score (nSPS) is 21.2. The van der Waals surface area contributed by atoms with E-state index in [9.17, 15) is 15.0 Å². The third kappa shape index (κ3) is 3.06. The first-order valence-electron chi connectivity index (χ1n) is 8.67. The monoisotopic (exact) mass is 396 g/mol. The van der Waals surface area contributed by atoms with Crippen molar-refractivity contribution in [2.45, 2.75) is 58.5 Å². The minimum Gasteiger partial charge on any atom is -0.479 e. The Kier molecular flexibility index (Phi) is 4.89. The molecule has 2 N–H and O–H groups in total. The van der Waals surface area contributed by atoms with Crippen molar-refractivity contribution < 1.29 is 15.0 Å². The van der Waals surface area contributed by atoms with E-state index in [4.69, 9.17) is 0 Å². The summed E-state index contributed by atoms with van der Waals surface area (Å²) in [6.07, 6.45) is 5.99. The number of carboxylic acids is 1. The number of aliphatic carboxylic acids is 1. The molecule has 2 fully saturated rings. The van der Waals surface area contributed by atoms with Crippen LogP contribution in [0.2, 0.25) is 0 Å². The van der Waals surface area contributed by atoms with Crippen molar-refractivity contribution in [2.24, 2.45) is 5.41 Å². The molecule has 2 heterocycles. The van der Waals surface area contributed by atoms with Crippen LogP contribution in [0, 0.1) is 19.3 Å². The first-order valence-corrected chi connectivity index (χ1v) is 9.46. The number of carboxylic acid groups (broad SMARTS) is 1. The highest BCUT2D eigenvalue weighted by Crippen LogP contribution is 2.48. The third-order valence-corrected chi connectivity index (χ3v) is 6.63. The average Bonchev–Trinajstić information content (AvgIpc) is 2.93. The molecule has 1 saturated heterocycles. The van der Waals surface area contributed by atoms with E-state index in [0.29, 0.717) is 16.7 Å². The van der Waals surface area contributed by atoms with Gasteiger partial charge in [-0.1, -0.05) is 19.3 Å². The van der Waals surface area contributed by atoms with Crippen LogP contribution in [0.15, 0.2) is 4.47 Å². The molecule has 1 atom stereocenters. The fourth-order valence-electron chi connectivity index (χ4n) is 4.42. The highest BCUT2D eigenvalue weighted by atomic mass is 79.9. The van der Waals surface area contributed by atoms with Crippen molar-refractivity contribution in [1.82, 2.24) is 4.98 Å². The first kappa shape index (κ1) is 17.7. The number of rotatable bonds is 3. The maximum Gasteiger partial charge on any atom is 0.337 e. The third-order valence-electron chi connectivity index (χ3n) is 5.68. The topological polar surface area (TPSA) is 73.7 Å². The molecule has 3 rings (SSSR count). The SMILES string of the molecule is Cc1nc(C)c([C@H](O)C(=O)O)c(N2CCC3(CCCCC3)C2)c1Br. The van der Waals surface area contributed by atoms with Gasteiger partial charge >= 0.3 is 5.97 Å². The fourth-order valence-corrected chi connectivity index (χ4v) is 4.97. The summed E-state index contributed by atoms with van der Waals surface area (Å²) in [6.45, 7) is 5.52. The fraction of sp³-hybridized carbons (Fsp3) is 0.667. The molecule has 0 radical (unpaired) electrons. The predicted molar refractivity (Wildman–Crippen MR) is 96.4 cm³/mol. The highest BCUT2D eigenvalue weighted by molar-refractivity contribution is 9.10. The molecular weight excluding hydrogens is 372 g/mol. The lowest BCUT2D eigenvalue weighted by atomic mass is 9.73. The van der Waals surface area contributed by atoms with Crippen molar-refractivity contribution in [3.05, 3.63) is 21.4 Å². The number of carbonyl (C=O) groups is 1. The van der Waals surface area contributed by atoms with Crippen LogP contribution in [0.5, 0.6) is 0 Å². The summed E-state index contributed by atoms with van der Waals surface area (Å²) in [6, 6.07) is 0. The van der Waals surface area contributed by atoms with Crippen LogP contribution in [0.25, 0.3) is 0 Å². The molecule has 1 aromatic heterocycles. The van der Waals surface area contributed by atoms with Crippen molar-refractivity contribution in [1.29, 1.82) is 0 Å². The Morgan fingerprint density at radius 1 is 1.21 bits per heavy atom. The molecule has 1 aliphatic carbocycles. The Morgan fingerprint density at radius 2 is 1.88 bits per heavy atom. The number of anilines is 1. The van der Waals surface area contributed by atoms with Crippen LogP contribution >= 0.6 is 15.9 Å². The summed E-state index contributed by atoms with van der Waals surface area (Å²) in [7, 11) is 0. The van der Waals surface area contributed by atoms with Gasteiger partial charge in [-0.3, -0.25) is 4.98 Å². The number of hydrogen-bond donors (Lipinski definition) is 2. The van der Waals surface area contributed by atoms with Gasteiger partial charge in [-0.15, -0.1) is 0 Å². The van der Waals surface area contributed by atoms with Crippen molar-refractivity contribution in [2.75, 3.05) is 18.0 Å². The van der Waals surface area contributed by atoms with Gasteiger partial charge in [0.1, 0.15) is 0 Å². The van der Waals surface area contributed by atoms with Crippen LogP contribution in [-0.4, -0.2) is 34.3 Å². The highest BCUT2D eigenvalue weighted by Gasteiger charge is 2.41. The molecule has 0 unspecified atom stereocenters. The number of aromatic nitrogens is 1. The van der Waals surface area contributed by atoms with E-state index in [2.05, 4.69) is 25.8 Å². The predicted octanol–water partition coefficient (Wildman–Crippen LogP) is 3.74. The van der Waals surface area contributed by atoms with Crippen LogP contribution in [0.3, 0.4) is 0 Å². The molecule has 2 aliphatic rings. The Bertz CT molecular complexity index is 656. The lowest BCUT2D eigenvalue weighted by Crippen LogP contribution is -2.31. The van der Waals surface area contributed by atoms with Gasteiger partial charge in [0.25, 0.3) is 0 Å². The maximum absolute atomic E-state index is 11.4. The molecule has 6 heteroatoms. The summed E-state index contributed by atoms with van der Waals surface area (Å²) in [5.74, 6) is -1.23. The van der Waals surface area contributed by atoms with Crippen molar-refractivity contribution in [3.63, 3.8) is 0 Å². The Hall–Kier alpha value is -1.14. The minimum atomic E-state index is -1.55. The first-order chi connectivity index (χ1) is 11.3. The van der Waals surface area contributed by atoms with Gasteiger partial charge < -0.3 is 15.1 Å². The number of pyridine rings is 1. The van der Waals surface area contributed by atoms with E-state index in [1.807, 2.05) is 6.92 Å². The van der Waals surface area contributed by atoms with Crippen molar-refractivity contribution in [3.8, 4) is 0 Å². The van der Waals surface area contributed by atoms with E-state index in [1.165, 1.54) is 32.1 Å². The van der Waals surface area contributed by atoms with Gasteiger partial charge in [-0.2, -0.15) is 0 Å². The summed E-state index contributed by atoms with van der Waals surface area (Å²) in [5, 5.41) is 19.6. The second kappa shape index (κ2) is 6.64. The summed E-state index contributed by atoms with van der Waals surface area (Å²) in [5.41, 5.74) is 3.01. The number of hydrogen-bond acceptors (Lipinski definition) is 4. The molecule has 132 valence electrons. The standard InChI is InChI=1S/C18H25BrN2O3/c1-11-13(16(22)17(23)24)15(14(19)12(2)20-11)21-9-8-18(10-21)6-4-3-5-7-18/h16,22H,3-10H2,1-2H3,(H,23,24)/t16-/m0/s1. The average molecular weight is 397 g/mol. The summed E-state index contributed by atoms with van der Waals surface area (Å²) >= 11 is 3.60. The number of halogens is 1. The lowest BCUT2D eigenvalue weighted by Gasteiger charge is -2.34. The molecule has 0 bridgehead atoms. The summed E-state index contributed by atoms with van der Waals surface area (Å²) < 4.78 is 0.802. The summed E-state index contributed by atoms with van der Waals surface area (Å²) in [4.78, 5) is 18.1. The number of aliphatic hydroxyl groups is 1. The van der Waals surface area contributed by atoms with Gasteiger partial charge in [-0.05, 0) is 54.5 Å². The second-order valence-electron chi connectivity index (χ2n) is 7.33. The molecule has 24 heavy (non-hydrogen) atoms. The van der Waals surface area contributed by atoms with E-state index in [-0.39, 0.29) is 0 Å². The van der Waals surface area contributed by atoms with E-state index >= 15 is 0 Å². The van der Waals surface area contributed by atoms with Crippen LogP contribution in [-0.2, 0) is 4.79 Å². The van der Waals surface area contributed by atoms with Crippen LogP contribution < -0.4 is 4.90 Å². The molecule has 1 saturated carbocycles. The molecule has 1 aromatic rings. The maximum atomic E-state index is 11.4. The Labute approximate surface area is 151 Å². The van der Waals surface area contributed by atoms with Gasteiger partial charge in [-0.25, -0.2) is 4.79 Å². The molecule has 5 nitrogen and oxygen atoms in total. The molecule has 1 aliphatic heterocycles. The second-order valence-corrected chi connectivity index (χ2v) is 8.12. The zero-order valence-electron chi connectivity index (χ0n) is 14.3. The number of aliphatic hydroxyl groups excluding tert-OH is 1. The molecule has 1 spiro atoms. The van der Waals surface area contributed by atoms with E-state index in [1.54, 1.807) is 6.92 Å². The van der Waals surface area contributed by atoms with E-state index < -0.39 is 12.1 Å². The molecule has 0 amide bonds. The van der Waals surface area contributed by atoms with Crippen LogP contribution in [0.4, 0.5) is 5.69 Å². The lowest BCUT2D eigenvalue weighted by molar-refractivity contribution is -0.147. The minimum absolute atomic E-state index is 0.355. The van der Waals surface area contributed by atoms with Crippen LogP contribution in [0.1, 0.15) is 61.6 Å². The number of aryl methyl sites for hydroxylation is 2. The zero-order valence-corrected chi connectivity index (χ0v) is 15.9. The van der Waals surface area contributed by atoms with Gasteiger partial charge in [0.05, 0.1) is 15.9 Å². The number of nitrogens with zero attached hydrogens (tertiary/aromatic N) is 2.